The SMILES string of the molecule is O=C(O)C1=CC=CNC1(Cc1ccc(F)cc1)C(=O)O. The summed E-state index contributed by atoms with van der Waals surface area (Å²) >= 11 is 0. The average molecular weight is 277 g/mol. The molecule has 3 N–H and O–H groups in total. The quantitative estimate of drug-likeness (QED) is 0.772. The molecule has 0 aliphatic carbocycles. The molecule has 0 saturated heterocycles. The summed E-state index contributed by atoms with van der Waals surface area (Å²) in [5.41, 5.74) is -1.51. The first-order valence-electron chi connectivity index (χ1n) is 5.82. The summed E-state index contributed by atoms with van der Waals surface area (Å²) in [6.45, 7) is 0. The lowest BCUT2D eigenvalue weighted by Gasteiger charge is -2.32. The van der Waals surface area contributed by atoms with Crippen LogP contribution in [-0.2, 0) is 16.0 Å². The second-order valence-electron chi connectivity index (χ2n) is 4.40. The Morgan fingerprint density at radius 3 is 2.40 bits per heavy atom. The normalized spacial score (nSPS) is 20.9. The van der Waals surface area contributed by atoms with E-state index >= 15 is 0 Å². The molecule has 1 aromatic rings. The summed E-state index contributed by atoms with van der Waals surface area (Å²) in [6, 6.07) is 5.26. The van der Waals surface area contributed by atoms with Gasteiger partial charge in [-0.2, -0.15) is 0 Å². The van der Waals surface area contributed by atoms with Gasteiger partial charge in [0.05, 0.1) is 5.57 Å². The van der Waals surface area contributed by atoms with Crippen LogP contribution in [-0.4, -0.2) is 27.7 Å². The van der Waals surface area contributed by atoms with Crippen LogP contribution in [0.3, 0.4) is 0 Å². The van der Waals surface area contributed by atoms with Crippen molar-refractivity contribution in [3.05, 3.63) is 59.6 Å². The summed E-state index contributed by atoms with van der Waals surface area (Å²) in [7, 11) is 0. The third-order valence-electron chi connectivity index (χ3n) is 3.13. The number of carboxylic acid groups (broad SMARTS) is 2. The highest BCUT2D eigenvalue weighted by molar-refractivity contribution is 6.00. The van der Waals surface area contributed by atoms with E-state index in [1.165, 1.54) is 42.6 Å². The molecule has 6 heteroatoms. The van der Waals surface area contributed by atoms with Gasteiger partial charge in [-0.25, -0.2) is 14.0 Å². The van der Waals surface area contributed by atoms with Crippen molar-refractivity contribution in [2.45, 2.75) is 12.0 Å². The van der Waals surface area contributed by atoms with E-state index in [1.54, 1.807) is 0 Å². The van der Waals surface area contributed by atoms with Gasteiger partial charge >= 0.3 is 11.9 Å². The highest BCUT2D eigenvalue weighted by atomic mass is 19.1. The van der Waals surface area contributed by atoms with Crippen molar-refractivity contribution in [2.24, 2.45) is 0 Å². The maximum atomic E-state index is 12.9. The molecule has 1 unspecified atom stereocenters. The smallest absolute Gasteiger partial charge is 0.334 e. The Bertz CT molecular complexity index is 606. The zero-order valence-electron chi connectivity index (χ0n) is 10.3. The van der Waals surface area contributed by atoms with E-state index in [9.17, 15) is 24.2 Å². The van der Waals surface area contributed by atoms with Crippen LogP contribution in [0.5, 0.6) is 0 Å². The first kappa shape index (κ1) is 13.8. The Kier molecular flexibility index (Phi) is 3.56. The Balaban J connectivity index is 2.42. The number of aliphatic carboxylic acids is 2. The first-order valence-corrected chi connectivity index (χ1v) is 5.82. The van der Waals surface area contributed by atoms with Crippen LogP contribution in [0.25, 0.3) is 0 Å². The summed E-state index contributed by atoms with van der Waals surface area (Å²) in [5.74, 6) is -3.06. The lowest BCUT2D eigenvalue weighted by Crippen LogP contribution is -2.55. The van der Waals surface area contributed by atoms with Gasteiger partial charge in [-0.15, -0.1) is 0 Å². The zero-order chi connectivity index (χ0) is 14.8. The maximum Gasteiger partial charge on any atom is 0.334 e. The Morgan fingerprint density at radius 1 is 1.20 bits per heavy atom. The number of carboxylic acids is 2. The van der Waals surface area contributed by atoms with Gasteiger partial charge in [0.15, 0.2) is 5.54 Å². The minimum atomic E-state index is -1.77. The summed E-state index contributed by atoms with van der Waals surface area (Å²) in [6.07, 6.45) is 3.95. The van der Waals surface area contributed by atoms with Crippen molar-refractivity contribution in [3.63, 3.8) is 0 Å². The van der Waals surface area contributed by atoms with Crippen molar-refractivity contribution < 1.29 is 24.2 Å². The third-order valence-corrected chi connectivity index (χ3v) is 3.13. The molecule has 1 aliphatic rings. The zero-order valence-corrected chi connectivity index (χ0v) is 10.3. The van der Waals surface area contributed by atoms with Crippen LogP contribution in [0.4, 0.5) is 4.39 Å². The molecule has 0 radical (unpaired) electrons. The van der Waals surface area contributed by atoms with Crippen molar-refractivity contribution in [3.8, 4) is 0 Å². The average Bonchev–Trinajstić information content (AvgIpc) is 2.41. The van der Waals surface area contributed by atoms with E-state index in [-0.39, 0.29) is 12.0 Å². The maximum absolute atomic E-state index is 12.9. The number of allylic oxidation sites excluding steroid dienone is 2. The van der Waals surface area contributed by atoms with E-state index in [2.05, 4.69) is 5.32 Å². The second kappa shape index (κ2) is 5.16. The Labute approximate surface area is 114 Å². The minimum Gasteiger partial charge on any atom is -0.479 e. The van der Waals surface area contributed by atoms with Crippen LogP contribution in [0.15, 0.2) is 48.2 Å². The molecular formula is C14H12FNO4. The standard InChI is InChI=1S/C14H12FNO4/c15-10-5-3-9(4-6-10)8-14(13(19)20)11(12(17)18)2-1-7-16-14/h1-7,16H,8H2,(H,17,18)(H,19,20). The monoisotopic (exact) mass is 277 g/mol. The van der Waals surface area contributed by atoms with Gasteiger partial charge in [0.25, 0.3) is 0 Å². The number of rotatable bonds is 4. The van der Waals surface area contributed by atoms with Crippen molar-refractivity contribution in [1.82, 2.24) is 5.32 Å². The topological polar surface area (TPSA) is 86.6 Å². The molecule has 20 heavy (non-hydrogen) atoms. The van der Waals surface area contributed by atoms with Crippen molar-refractivity contribution >= 4 is 11.9 Å². The van der Waals surface area contributed by atoms with Gasteiger partial charge in [0, 0.05) is 6.42 Å². The highest BCUT2D eigenvalue weighted by Gasteiger charge is 2.45. The first-order chi connectivity index (χ1) is 9.45. The van der Waals surface area contributed by atoms with Crippen molar-refractivity contribution in [1.29, 1.82) is 0 Å². The summed E-state index contributed by atoms with van der Waals surface area (Å²) in [4.78, 5) is 22.8. The number of dihydropyridines is 1. The number of benzene rings is 1. The van der Waals surface area contributed by atoms with Gasteiger partial charge in [-0.05, 0) is 36.0 Å². The van der Waals surface area contributed by atoms with E-state index in [0.717, 1.165) is 0 Å². The number of hydrogen-bond donors (Lipinski definition) is 3. The van der Waals surface area contributed by atoms with Gasteiger partial charge in [-0.3, -0.25) is 0 Å². The molecular weight excluding hydrogens is 265 g/mol. The fraction of sp³-hybridized carbons (Fsp3) is 0.143. The lowest BCUT2D eigenvalue weighted by molar-refractivity contribution is -0.146. The van der Waals surface area contributed by atoms with E-state index < -0.39 is 23.3 Å². The van der Waals surface area contributed by atoms with Crippen LogP contribution >= 0.6 is 0 Å². The molecule has 1 atom stereocenters. The molecule has 1 heterocycles. The summed E-state index contributed by atoms with van der Waals surface area (Å²) in [5, 5.41) is 21.2. The number of halogens is 1. The van der Waals surface area contributed by atoms with E-state index in [0.29, 0.717) is 5.56 Å². The third kappa shape index (κ3) is 2.40. The second-order valence-corrected chi connectivity index (χ2v) is 4.40. The fourth-order valence-corrected chi connectivity index (χ4v) is 2.12. The fourth-order valence-electron chi connectivity index (χ4n) is 2.12. The molecule has 1 aromatic carbocycles. The van der Waals surface area contributed by atoms with Crippen LogP contribution in [0.1, 0.15) is 5.56 Å². The van der Waals surface area contributed by atoms with Crippen LogP contribution in [0.2, 0.25) is 0 Å². The largest absolute Gasteiger partial charge is 0.479 e. The Hall–Kier alpha value is -2.63. The number of carbonyl (C=O) groups is 2. The Morgan fingerprint density at radius 2 is 1.85 bits per heavy atom. The number of hydrogen-bond acceptors (Lipinski definition) is 3. The molecule has 0 saturated carbocycles. The molecule has 1 aliphatic heterocycles. The number of nitrogens with one attached hydrogen (secondary N) is 1. The molecule has 0 aromatic heterocycles. The highest BCUT2D eigenvalue weighted by Crippen LogP contribution is 2.26. The predicted molar refractivity (Wildman–Crippen MR) is 68.5 cm³/mol. The molecule has 0 amide bonds. The van der Waals surface area contributed by atoms with E-state index in [4.69, 9.17) is 0 Å². The molecule has 0 spiro atoms. The lowest BCUT2D eigenvalue weighted by atomic mass is 9.82. The van der Waals surface area contributed by atoms with Gasteiger partial charge in [0.1, 0.15) is 5.82 Å². The van der Waals surface area contributed by atoms with Crippen molar-refractivity contribution in [2.75, 3.05) is 0 Å². The molecule has 5 nitrogen and oxygen atoms in total. The van der Waals surface area contributed by atoms with Crippen LogP contribution in [0, 0.1) is 5.82 Å². The minimum absolute atomic E-state index is 0.106. The van der Waals surface area contributed by atoms with Gasteiger partial charge < -0.3 is 15.5 Å². The molecule has 104 valence electrons. The summed E-state index contributed by atoms with van der Waals surface area (Å²) < 4.78 is 12.9. The van der Waals surface area contributed by atoms with Crippen LogP contribution < -0.4 is 5.32 Å². The van der Waals surface area contributed by atoms with Gasteiger partial charge in [-0.1, -0.05) is 12.1 Å². The van der Waals surface area contributed by atoms with Gasteiger partial charge in [0.2, 0.25) is 0 Å². The molecule has 0 bridgehead atoms. The molecule has 2 rings (SSSR count). The predicted octanol–water partition coefficient (Wildman–Crippen LogP) is 1.32. The van der Waals surface area contributed by atoms with E-state index in [1.807, 2.05) is 0 Å². The molecule has 0 fully saturated rings.